The highest BCUT2D eigenvalue weighted by molar-refractivity contribution is 7.09. The molecule has 3 rings (SSSR count). The number of hydrogen-bond acceptors (Lipinski definition) is 5. The van der Waals surface area contributed by atoms with Crippen molar-refractivity contribution in [3.63, 3.8) is 0 Å². The number of aromatic nitrogens is 1. The molecule has 27 heavy (non-hydrogen) atoms. The molecule has 1 aromatic carbocycles. The lowest BCUT2D eigenvalue weighted by molar-refractivity contribution is -0.919. The molecule has 0 radical (unpaired) electrons. The largest absolute Gasteiger partial charge is 0.469 e. The number of likely N-dealkylation sites (tertiary alicyclic amines) is 1. The van der Waals surface area contributed by atoms with Crippen molar-refractivity contribution in [1.29, 1.82) is 0 Å². The Balaban J connectivity index is 1.46. The highest BCUT2D eigenvalue weighted by Crippen LogP contribution is 2.14. The summed E-state index contributed by atoms with van der Waals surface area (Å²) in [4.78, 5) is 29.8. The molecule has 2 heterocycles. The molecule has 1 saturated heterocycles. The zero-order valence-electron chi connectivity index (χ0n) is 15.8. The van der Waals surface area contributed by atoms with Crippen molar-refractivity contribution in [2.45, 2.75) is 32.7 Å². The number of methoxy groups -OCH3 is 1. The van der Waals surface area contributed by atoms with Crippen molar-refractivity contribution in [1.82, 2.24) is 4.98 Å². The maximum Gasteiger partial charge on any atom is 0.309 e. The number of anilines is 1. The highest BCUT2D eigenvalue weighted by Gasteiger charge is 2.28. The number of nitrogens with one attached hydrogen (secondary N) is 2. The average molecular weight is 389 g/mol. The van der Waals surface area contributed by atoms with E-state index in [1.165, 1.54) is 23.3 Å². The van der Waals surface area contributed by atoms with E-state index in [-0.39, 0.29) is 24.2 Å². The molecule has 2 aromatic rings. The Morgan fingerprint density at radius 2 is 1.96 bits per heavy atom. The summed E-state index contributed by atoms with van der Waals surface area (Å²) in [6.45, 7) is 4.74. The maximum atomic E-state index is 12.2. The van der Waals surface area contributed by atoms with Gasteiger partial charge in [0.05, 0.1) is 32.5 Å². The summed E-state index contributed by atoms with van der Waals surface area (Å²) in [6.07, 6.45) is 2.01. The minimum atomic E-state index is -0.0930. The Morgan fingerprint density at radius 3 is 2.63 bits per heavy atom. The van der Waals surface area contributed by atoms with Crippen molar-refractivity contribution < 1.29 is 19.2 Å². The Labute approximate surface area is 163 Å². The lowest BCUT2D eigenvalue weighted by atomic mass is 9.97. The lowest BCUT2D eigenvalue weighted by Gasteiger charge is -2.27. The topological polar surface area (TPSA) is 72.7 Å². The van der Waals surface area contributed by atoms with Gasteiger partial charge in [-0.15, -0.1) is 11.3 Å². The first-order chi connectivity index (χ1) is 13.0. The van der Waals surface area contributed by atoms with E-state index in [1.54, 1.807) is 0 Å². The first-order valence-electron chi connectivity index (χ1n) is 9.24. The zero-order chi connectivity index (χ0) is 19.2. The van der Waals surface area contributed by atoms with Crippen molar-refractivity contribution in [2.24, 2.45) is 5.92 Å². The van der Waals surface area contributed by atoms with Crippen LogP contribution in [0, 0.1) is 12.8 Å². The fourth-order valence-corrected chi connectivity index (χ4v) is 4.14. The number of ether oxygens (including phenoxy) is 1. The second-order valence-corrected chi connectivity index (χ2v) is 7.99. The summed E-state index contributed by atoms with van der Waals surface area (Å²) in [5.74, 6) is -0.106. The SMILES string of the molecule is COC(=O)C1CC[NH+](Cc2csc(CC(=O)Nc3ccc(C)cc3)n2)CC1. The standard InChI is InChI=1S/C20H25N3O3S/c1-14-3-5-16(6-4-14)21-18(24)11-19-22-17(13-27-19)12-23-9-7-15(8-10-23)20(25)26-2/h3-6,13,15H,7-12H2,1-2H3,(H,21,24)/p+1. The van der Waals surface area contributed by atoms with Crippen LogP contribution in [-0.4, -0.2) is 37.1 Å². The van der Waals surface area contributed by atoms with Gasteiger partial charge in [-0.3, -0.25) is 9.59 Å². The smallest absolute Gasteiger partial charge is 0.309 e. The van der Waals surface area contributed by atoms with E-state index in [9.17, 15) is 9.59 Å². The summed E-state index contributed by atoms with van der Waals surface area (Å²) in [7, 11) is 1.45. The van der Waals surface area contributed by atoms with Gasteiger partial charge in [-0.25, -0.2) is 4.98 Å². The third-order valence-corrected chi connectivity index (χ3v) is 5.80. The van der Waals surface area contributed by atoms with Crippen LogP contribution in [0.5, 0.6) is 0 Å². The summed E-state index contributed by atoms with van der Waals surface area (Å²) < 4.78 is 4.84. The molecule has 1 aromatic heterocycles. The second-order valence-electron chi connectivity index (χ2n) is 7.05. The van der Waals surface area contributed by atoms with Crippen LogP contribution in [0.15, 0.2) is 29.6 Å². The molecular formula is C20H26N3O3S+. The molecular weight excluding hydrogens is 362 g/mol. The van der Waals surface area contributed by atoms with Crippen LogP contribution in [0.25, 0.3) is 0 Å². The minimum absolute atomic E-state index is 0.0372. The van der Waals surface area contributed by atoms with Gasteiger partial charge in [-0.1, -0.05) is 17.7 Å². The van der Waals surface area contributed by atoms with Gasteiger partial charge in [0.2, 0.25) is 5.91 Å². The molecule has 0 bridgehead atoms. The molecule has 1 fully saturated rings. The number of carbonyl (C=O) groups is 2. The predicted octanol–water partition coefficient (Wildman–Crippen LogP) is 1.60. The molecule has 0 spiro atoms. The van der Waals surface area contributed by atoms with Crippen LogP contribution in [-0.2, 0) is 27.3 Å². The van der Waals surface area contributed by atoms with Crippen molar-refractivity contribution in [3.05, 3.63) is 45.9 Å². The number of benzene rings is 1. The predicted molar refractivity (Wildman–Crippen MR) is 105 cm³/mol. The monoisotopic (exact) mass is 388 g/mol. The van der Waals surface area contributed by atoms with Gasteiger partial charge >= 0.3 is 5.97 Å². The first-order valence-corrected chi connectivity index (χ1v) is 10.1. The van der Waals surface area contributed by atoms with Gasteiger partial charge in [-0.2, -0.15) is 0 Å². The molecule has 1 aliphatic heterocycles. The van der Waals surface area contributed by atoms with Gasteiger partial charge in [0, 0.05) is 23.9 Å². The molecule has 6 nitrogen and oxygen atoms in total. The number of hydrogen-bond donors (Lipinski definition) is 2. The van der Waals surface area contributed by atoms with E-state index in [0.29, 0.717) is 0 Å². The fourth-order valence-electron chi connectivity index (χ4n) is 3.35. The number of quaternary nitrogens is 1. The van der Waals surface area contributed by atoms with Gasteiger partial charge < -0.3 is 15.0 Å². The highest BCUT2D eigenvalue weighted by atomic mass is 32.1. The Hall–Kier alpha value is -2.25. The summed E-state index contributed by atoms with van der Waals surface area (Å²) in [5, 5.41) is 5.78. The molecule has 1 aliphatic rings. The van der Waals surface area contributed by atoms with Crippen LogP contribution in [0.3, 0.4) is 0 Å². The average Bonchev–Trinajstić information content (AvgIpc) is 3.10. The van der Waals surface area contributed by atoms with Crippen LogP contribution in [0.4, 0.5) is 5.69 Å². The molecule has 7 heteroatoms. The van der Waals surface area contributed by atoms with Gasteiger partial charge in [0.1, 0.15) is 17.2 Å². The number of piperidine rings is 1. The first kappa shape index (κ1) is 19.5. The molecule has 144 valence electrons. The van der Waals surface area contributed by atoms with E-state index in [1.807, 2.05) is 36.6 Å². The Morgan fingerprint density at radius 1 is 1.26 bits per heavy atom. The molecule has 0 saturated carbocycles. The van der Waals surface area contributed by atoms with Gasteiger partial charge in [0.25, 0.3) is 0 Å². The molecule has 0 unspecified atom stereocenters. The number of thiazole rings is 1. The Kier molecular flexibility index (Phi) is 6.58. The van der Waals surface area contributed by atoms with Crippen LogP contribution >= 0.6 is 11.3 Å². The molecule has 1 amide bonds. The van der Waals surface area contributed by atoms with Crippen molar-refractivity contribution in [3.8, 4) is 0 Å². The van der Waals surface area contributed by atoms with E-state index >= 15 is 0 Å². The zero-order valence-corrected chi connectivity index (χ0v) is 16.6. The van der Waals surface area contributed by atoms with Crippen LogP contribution < -0.4 is 10.2 Å². The van der Waals surface area contributed by atoms with Crippen LogP contribution in [0.1, 0.15) is 29.1 Å². The summed E-state index contributed by atoms with van der Waals surface area (Å²) in [5.41, 5.74) is 2.99. The lowest BCUT2D eigenvalue weighted by Crippen LogP contribution is -3.11. The molecule has 2 N–H and O–H groups in total. The van der Waals surface area contributed by atoms with E-state index in [4.69, 9.17) is 4.74 Å². The van der Waals surface area contributed by atoms with E-state index in [0.717, 1.165) is 54.4 Å². The number of aryl methyl sites for hydroxylation is 1. The third kappa shape index (κ3) is 5.61. The Bertz CT molecular complexity index is 780. The third-order valence-electron chi connectivity index (χ3n) is 4.90. The normalized spacial score (nSPS) is 19.5. The fraction of sp³-hybridized carbons (Fsp3) is 0.450. The summed E-state index contributed by atoms with van der Waals surface area (Å²) >= 11 is 1.53. The number of nitrogens with zero attached hydrogens (tertiary/aromatic N) is 1. The minimum Gasteiger partial charge on any atom is -0.469 e. The van der Waals surface area contributed by atoms with E-state index in [2.05, 4.69) is 10.3 Å². The maximum absolute atomic E-state index is 12.2. The summed E-state index contributed by atoms with van der Waals surface area (Å²) in [6, 6.07) is 7.76. The number of esters is 1. The quantitative estimate of drug-likeness (QED) is 0.738. The molecule has 0 aliphatic carbocycles. The van der Waals surface area contributed by atoms with Crippen molar-refractivity contribution in [2.75, 3.05) is 25.5 Å². The number of carbonyl (C=O) groups excluding carboxylic acids is 2. The molecule has 0 atom stereocenters. The van der Waals surface area contributed by atoms with Crippen molar-refractivity contribution >= 4 is 28.9 Å². The number of amides is 1. The van der Waals surface area contributed by atoms with Gasteiger partial charge in [0.15, 0.2) is 0 Å². The van der Waals surface area contributed by atoms with Gasteiger partial charge in [-0.05, 0) is 19.1 Å². The number of rotatable bonds is 6. The van der Waals surface area contributed by atoms with Crippen LogP contribution in [0.2, 0.25) is 0 Å². The van der Waals surface area contributed by atoms with E-state index < -0.39 is 0 Å². The second kappa shape index (κ2) is 9.10.